The van der Waals surface area contributed by atoms with Crippen LogP contribution in [0, 0.1) is 0 Å². The fraction of sp³-hybridized carbons (Fsp3) is 0.500. The van der Waals surface area contributed by atoms with Crippen molar-refractivity contribution in [1.29, 1.82) is 0 Å². The van der Waals surface area contributed by atoms with E-state index in [4.69, 9.17) is 9.31 Å². The number of rotatable bonds is 5. The maximum absolute atomic E-state index is 11.4. The number of hydrogen-bond donors (Lipinski definition) is 1. The molecule has 2 rings (SSSR count). The Kier molecular flexibility index (Phi) is 5.64. The van der Waals surface area contributed by atoms with Gasteiger partial charge >= 0.3 is 13.1 Å². The molecule has 0 unspecified atom stereocenters. The van der Waals surface area contributed by atoms with Gasteiger partial charge in [0, 0.05) is 17.6 Å². The first-order valence-electron chi connectivity index (χ1n) is 7.54. The van der Waals surface area contributed by atoms with E-state index in [0.717, 1.165) is 17.2 Å². The molecule has 1 aliphatic heterocycles. The van der Waals surface area contributed by atoms with Gasteiger partial charge in [-0.1, -0.05) is 11.8 Å². The topological polar surface area (TPSA) is 72.8 Å². The molecule has 130 valence electrons. The van der Waals surface area contributed by atoms with Crippen LogP contribution in [-0.4, -0.2) is 40.3 Å². The molecule has 1 N–H and O–H groups in total. The third-order valence-electron chi connectivity index (χ3n) is 4.24. The monoisotopic (exact) mass is 368 g/mol. The number of carboxylic acid groups (broad SMARTS) is 1. The first-order chi connectivity index (χ1) is 11.0. The zero-order valence-corrected chi connectivity index (χ0v) is 16.0. The molecule has 0 aromatic carbocycles. The van der Waals surface area contributed by atoms with Crippen LogP contribution in [0.1, 0.15) is 49.9 Å². The molecule has 5 nitrogen and oxygen atoms in total. The summed E-state index contributed by atoms with van der Waals surface area (Å²) in [6.07, 6.45) is 1.77. The molecule has 0 amide bonds. The number of carboxylic acids is 1. The summed E-state index contributed by atoms with van der Waals surface area (Å²) in [6, 6.07) is 1.57. The number of hydrogen-bond acceptors (Lipinski definition) is 6. The quantitative estimate of drug-likeness (QED) is 0.799. The minimum Gasteiger partial charge on any atom is -0.478 e. The van der Waals surface area contributed by atoms with Gasteiger partial charge in [-0.25, -0.2) is 4.79 Å². The van der Waals surface area contributed by atoms with Crippen molar-refractivity contribution in [3.63, 3.8) is 0 Å². The minimum absolute atomic E-state index is 0.0120. The van der Waals surface area contributed by atoms with Crippen LogP contribution in [0.4, 0.5) is 0 Å². The fourth-order valence-corrected chi connectivity index (χ4v) is 3.58. The maximum Gasteiger partial charge on any atom is 0.491 e. The van der Waals surface area contributed by atoms with Crippen LogP contribution in [-0.2, 0) is 14.1 Å². The van der Waals surface area contributed by atoms with E-state index in [-0.39, 0.29) is 10.7 Å². The van der Waals surface area contributed by atoms with Gasteiger partial charge in [0.25, 0.3) is 0 Å². The maximum atomic E-state index is 11.4. The molecular weight excluding hydrogens is 347 g/mol. The summed E-state index contributed by atoms with van der Waals surface area (Å²) in [4.78, 5) is 23.3. The summed E-state index contributed by atoms with van der Waals surface area (Å²) in [6.45, 7) is 9.32. The standard InChI is InChI=1S/C16H21BO5S2/c1-10(18)24-9-11(8-13-12(14(19)20)6-7-23-13)17-21-15(2,3)16(4,5)22-17/h6-8H,9H2,1-5H3,(H,19,20). The van der Waals surface area contributed by atoms with Gasteiger partial charge in [0.05, 0.1) is 16.8 Å². The molecule has 0 bridgehead atoms. The highest BCUT2D eigenvalue weighted by Crippen LogP contribution is 2.39. The summed E-state index contributed by atoms with van der Waals surface area (Å²) in [5.74, 6) is -0.585. The molecule has 0 saturated carbocycles. The molecule has 0 atom stereocenters. The van der Waals surface area contributed by atoms with Crippen LogP contribution >= 0.6 is 23.1 Å². The number of thioether (sulfide) groups is 1. The lowest BCUT2D eigenvalue weighted by molar-refractivity contribution is -0.109. The first kappa shape index (κ1) is 19.2. The van der Waals surface area contributed by atoms with E-state index in [2.05, 4.69) is 0 Å². The molecule has 1 saturated heterocycles. The van der Waals surface area contributed by atoms with Crippen molar-refractivity contribution < 1.29 is 24.0 Å². The molecule has 0 aliphatic carbocycles. The van der Waals surface area contributed by atoms with Crippen LogP contribution in [0.25, 0.3) is 6.08 Å². The van der Waals surface area contributed by atoms with Gasteiger partial charge in [0.2, 0.25) is 0 Å². The number of aromatic carboxylic acids is 1. The van der Waals surface area contributed by atoms with Gasteiger partial charge in [0.15, 0.2) is 5.12 Å². The van der Waals surface area contributed by atoms with Gasteiger partial charge in [-0.05, 0) is 50.7 Å². The normalized spacial score (nSPS) is 19.5. The predicted octanol–water partition coefficient (Wildman–Crippen LogP) is 3.74. The van der Waals surface area contributed by atoms with Crippen LogP contribution < -0.4 is 0 Å². The largest absolute Gasteiger partial charge is 0.491 e. The zero-order chi connectivity index (χ0) is 18.1. The Bertz CT molecular complexity index is 662. The second-order valence-corrected chi connectivity index (χ2v) is 8.69. The summed E-state index contributed by atoms with van der Waals surface area (Å²) in [5, 5.41) is 11.0. The van der Waals surface area contributed by atoms with E-state index in [1.165, 1.54) is 18.3 Å². The lowest BCUT2D eigenvalue weighted by Crippen LogP contribution is -2.41. The van der Waals surface area contributed by atoms with Crippen molar-refractivity contribution in [2.24, 2.45) is 0 Å². The fourth-order valence-electron chi connectivity index (χ4n) is 2.13. The molecule has 1 aliphatic rings. The summed E-state index contributed by atoms with van der Waals surface area (Å²) >= 11 is 2.49. The van der Waals surface area contributed by atoms with Gasteiger partial charge in [-0.15, -0.1) is 11.3 Å². The third kappa shape index (κ3) is 4.11. The van der Waals surface area contributed by atoms with Crippen molar-refractivity contribution in [3.8, 4) is 0 Å². The second-order valence-electron chi connectivity index (χ2n) is 6.59. The van der Waals surface area contributed by atoms with Crippen molar-refractivity contribution in [3.05, 3.63) is 27.4 Å². The van der Waals surface area contributed by atoms with Crippen LogP contribution in [0.3, 0.4) is 0 Å². The molecule has 8 heteroatoms. The van der Waals surface area contributed by atoms with Crippen molar-refractivity contribution in [2.45, 2.75) is 45.8 Å². The van der Waals surface area contributed by atoms with E-state index < -0.39 is 24.3 Å². The first-order valence-corrected chi connectivity index (χ1v) is 9.40. The highest BCUT2D eigenvalue weighted by Gasteiger charge is 2.52. The van der Waals surface area contributed by atoms with E-state index >= 15 is 0 Å². The zero-order valence-electron chi connectivity index (χ0n) is 14.4. The van der Waals surface area contributed by atoms with E-state index in [1.807, 2.05) is 27.7 Å². The van der Waals surface area contributed by atoms with Crippen molar-refractivity contribution in [1.82, 2.24) is 0 Å². The van der Waals surface area contributed by atoms with E-state index in [1.54, 1.807) is 17.5 Å². The molecule has 1 fully saturated rings. The number of carbonyl (C=O) groups is 2. The molecule has 0 spiro atoms. The molecule has 2 heterocycles. The van der Waals surface area contributed by atoms with E-state index in [0.29, 0.717) is 10.6 Å². The Hall–Kier alpha value is -1.09. The Balaban J connectivity index is 2.35. The second kappa shape index (κ2) is 7.03. The van der Waals surface area contributed by atoms with Crippen LogP contribution in [0.5, 0.6) is 0 Å². The van der Waals surface area contributed by atoms with Gasteiger partial charge in [0.1, 0.15) is 0 Å². The van der Waals surface area contributed by atoms with Gasteiger partial charge in [-0.2, -0.15) is 0 Å². The Morgan fingerprint density at radius 1 is 1.29 bits per heavy atom. The number of carbonyl (C=O) groups excluding carboxylic acids is 1. The van der Waals surface area contributed by atoms with Crippen molar-refractivity contribution >= 4 is 47.4 Å². The molecule has 1 aromatic heterocycles. The lowest BCUT2D eigenvalue weighted by atomic mass is 9.78. The molecule has 24 heavy (non-hydrogen) atoms. The highest BCUT2D eigenvalue weighted by atomic mass is 32.2. The Morgan fingerprint density at radius 3 is 2.38 bits per heavy atom. The predicted molar refractivity (Wildman–Crippen MR) is 98.5 cm³/mol. The van der Waals surface area contributed by atoms with Crippen molar-refractivity contribution in [2.75, 3.05) is 5.75 Å². The average Bonchev–Trinajstić information content (AvgIpc) is 2.97. The molecule has 0 radical (unpaired) electrons. The molecule has 1 aromatic rings. The minimum atomic E-state index is -0.977. The van der Waals surface area contributed by atoms with Crippen LogP contribution in [0.15, 0.2) is 16.9 Å². The molecular formula is C16H21BO5S2. The Morgan fingerprint density at radius 2 is 1.88 bits per heavy atom. The number of thiophene rings is 1. The SMILES string of the molecule is CC(=O)SCC(=Cc1sccc1C(=O)O)B1OC(C)(C)C(C)(C)O1. The third-order valence-corrected chi connectivity index (χ3v) is 5.99. The summed E-state index contributed by atoms with van der Waals surface area (Å²) < 4.78 is 12.1. The van der Waals surface area contributed by atoms with E-state index in [9.17, 15) is 14.7 Å². The van der Waals surface area contributed by atoms with Crippen LogP contribution in [0.2, 0.25) is 0 Å². The average molecular weight is 368 g/mol. The smallest absolute Gasteiger partial charge is 0.478 e. The van der Waals surface area contributed by atoms with Gasteiger partial charge in [-0.3, -0.25) is 4.79 Å². The van der Waals surface area contributed by atoms with Gasteiger partial charge < -0.3 is 14.4 Å². The lowest BCUT2D eigenvalue weighted by Gasteiger charge is -2.32. The summed E-state index contributed by atoms with van der Waals surface area (Å²) in [7, 11) is -0.606. The Labute approximate surface area is 150 Å². The summed E-state index contributed by atoms with van der Waals surface area (Å²) in [5.41, 5.74) is -0.00789. The highest BCUT2D eigenvalue weighted by molar-refractivity contribution is 8.13.